The van der Waals surface area contributed by atoms with Crippen LogP contribution in [0.3, 0.4) is 0 Å². The number of hydrogen-bond donors (Lipinski definition) is 0. The van der Waals surface area contributed by atoms with Crippen LogP contribution in [0.2, 0.25) is 0 Å². The standard InChI is InChI=1S/C27H22N2O4S2/c1-17-23(26(31)32-2)24(21-9-6-14-34-21)29-25(30)22(35-27(29)28-17)15-18-10-12-20(13-11-18)33-16-19-7-4-3-5-8-19/h3-15,24H,16H2,1-2H3/b22-15+. The average Bonchev–Trinajstić information content (AvgIpc) is 3.52. The van der Waals surface area contributed by atoms with Crippen molar-refractivity contribution >= 4 is 34.7 Å². The van der Waals surface area contributed by atoms with Gasteiger partial charge in [-0.25, -0.2) is 9.79 Å². The van der Waals surface area contributed by atoms with Gasteiger partial charge in [-0.15, -0.1) is 11.3 Å². The number of aromatic nitrogens is 1. The molecule has 8 heteroatoms. The van der Waals surface area contributed by atoms with Crippen LogP contribution in [0.4, 0.5) is 0 Å². The summed E-state index contributed by atoms with van der Waals surface area (Å²) in [6.07, 6.45) is 1.84. The predicted molar refractivity (Wildman–Crippen MR) is 137 cm³/mol. The summed E-state index contributed by atoms with van der Waals surface area (Å²) < 4.78 is 13.0. The Morgan fingerprint density at radius 3 is 2.54 bits per heavy atom. The van der Waals surface area contributed by atoms with Crippen molar-refractivity contribution in [3.8, 4) is 5.75 Å². The summed E-state index contributed by atoms with van der Waals surface area (Å²) in [6.45, 7) is 2.27. The number of thiazole rings is 1. The molecule has 2 aromatic carbocycles. The molecule has 3 heterocycles. The minimum atomic E-state index is -0.561. The fraction of sp³-hybridized carbons (Fsp3) is 0.148. The van der Waals surface area contributed by atoms with Gasteiger partial charge in [0.25, 0.3) is 5.56 Å². The molecule has 0 saturated heterocycles. The van der Waals surface area contributed by atoms with E-state index in [1.54, 1.807) is 11.5 Å². The fourth-order valence-corrected chi connectivity index (χ4v) is 5.83. The lowest BCUT2D eigenvalue weighted by Gasteiger charge is -2.22. The van der Waals surface area contributed by atoms with E-state index in [4.69, 9.17) is 9.47 Å². The zero-order chi connectivity index (χ0) is 24.4. The molecule has 1 atom stereocenters. The van der Waals surface area contributed by atoms with Crippen LogP contribution in [0.1, 0.15) is 29.0 Å². The van der Waals surface area contributed by atoms with Crippen molar-refractivity contribution < 1.29 is 14.3 Å². The molecule has 2 aromatic heterocycles. The highest BCUT2D eigenvalue weighted by Gasteiger charge is 2.33. The van der Waals surface area contributed by atoms with Crippen LogP contribution in [0.25, 0.3) is 6.08 Å². The van der Waals surface area contributed by atoms with Gasteiger partial charge in [0.2, 0.25) is 0 Å². The molecule has 4 aromatic rings. The Bertz CT molecular complexity index is 1560. The Morgan fingerprint density at radius 1 is 1.09 bits per heavy atom. The van der Waals surface area contributed by atoms with Crippen LogP contribution in [-0.4, -0.2) is 17.6 Å². The highest BCUT2D eigenvalue weighted by Crippen LogP contribution is 2.33. The molecule has 35 heavy (non-hydrogen) atoms. The molecule has 0 saturated carbocycles. The number of thiophene rings is 1. The Hall–Kier alpha value is -3.75. The van der Waals surface area contributed by atoms with Crippen molar-refractivity contribution in [1.82, 2.24) is 4.57 Å². The fourth-order valence-electron chi connectivity index (χ4n) is 3.96. The Balaban J connectivity index is 1.48. The molecule has 0 amide bonds. The Labute approximate surface area is 209 Å². The van der Waals surface area contributed by atoms with E-state index in [9.17, 15) is 9.59 Å². The molecule has 0 aliphatic carbocycles. The summed E-state index contributed by atoms with van der Waals surface area (Å²) >= 11 is 2.80. The Morgan fingerprint density at radius 2 is 1.86 bits per heavy atom. The van der Waals surface area contributed by atoms with Crippen LogP contribution >= 0.6 is 22.7 Å². The quantitative estimate of drug-likeness (QED) is 0.373. The molecule has 1 aliphatic rings. The number of nitrogens with zero attached hydrogens (tertiary/aromatic N) is 2. The lowest BCUT2D eigenvalue weighted by Crippen LogP contribution is -2.39. The largest absolute Gasteiger partial charge is 0.489 e. The molecule has 6 nitrogen and oxygen atoms in total. The zero-order valence-corrected chi connectivity index (χ0v) is 20.8. The van der Waals surface area contributed by atoms with Crippen LogP contribution in [0, 0.1) is 0 Å². The third-order valence-electron chi connectivity index (χ3n) is 5.67. The molecule has 5 rings (SSSR count). The summed E-state index contributed by atoms with van der Waals surface area (Å²) in [7, 11) is 1.34. The first-order valence-electron chi connectivity index (χ1n) is 11.0. The van der Waals surface area contributed by atoms with E-state index in [1.807, 2.05) is 78.2 Å². The number of allylic oxidation sites excluding steroid dienone is 1. The van der Waals surface area contributed by atoms with Gasteiger partial charge in [-0.3, -0.25) is 9.36 Å². The number of benzene rings is 2. The van der Waals surface area contributed by atoms with Gasteiger partial charge in [0.15, 0.2) is 4.80 Å². The van der Waals surface area contributed by atoms with Gasteiger partial charge in [0, 0.05) is 4.88 Å². The summed E-state index contributed by atoms with van der Waals surface area (Å²) in [6, 6.07) is 20.9. The minimum Gasteiger partial charge on any atom is -0.489 e. The van der Waals surface area contributed by atoms with Crippen molar-refractivity contribution in [3.63, 3.8) is 0 Å². The number of hydrogen-bond acceptors (Lipinski definition) is 7. The van der Waals surface area contributed by atoms with E-state index in [-0.39, 0.29) is 5.56 Å². The summed E-state index contributed by atoms with van der Waals surface area (Å²) in [5.74, 6) is 0.272. The molecule has 0 fully saturated rings. The van der Waals surface area contributed by atoms with Crippen molar-refractivity contribution in [2.24, 2.45) is 4.99 Å². The van der Waals surface area contributed by atoms with E-state index in [0.29, 0.717) is 27.2 Å². The number of esters is 1. The van der Waals surface area contributed by atoms with Crippen molar-refractivity contribution in [2.75, 3.05) is 7.11 Å². The molecule has 176 valence electrons. The predicted octanol–water partition coefficient (Wildman–Crippen LogP) is 4.05. The van der Waals surface area contributed by atoms with E-state index < -0.39 is 12.0 Å². The van der Waals surface area contributed by atoms with Gasteiger partial charge in [0.05, 0.1) is 22.9 Å². The molecular formula is C27H22N2O4S2. The summed E-state index contributed by atoms with van der Waals surface area (Å²) in [5.41, 5.74) is 2.72. The van der Waals surface area contributed by atoms with Gasteiger partial charge in [-0.05, 0) is 47.7 Å². The van der Waals surface area contributed by atoms with Gasteiger partial charge in [0.1, 0.15) is 18.4 Å². The van der Waals surface area contributed by atoms with Crippen LogP contribution in [-0.2, 0) is 16.1 Å². The van der Waals surface area contributed by atoms with E-state index in [1.165, 1.54) is 29.8 Å². The van der Waals surface area contributed by atoms with Gasteiger partial charge < -0.3 is 9.47 Å². The topological polar surface area (TPSA) is 69.9 Å². The number of carbonyl (C=O) groups is 1. The maximum absolute atomic E-state index is 13.5. The molecule has 0 bridgehead atoms. The van der Waals surface area contributed by atoms with Crippen LogP contribution < -0.4 is 19.6 Å². The molecule has 0 spiro atoms. The van der Waals surface area contributed by atoms with Gasteiger partial charge in [-0.1, -0.05) is 59.9 Å². The first-order chi connectivity index (χ1) is 17.0. The molecule has 0 radical (unpaired) electrons. The molecule has 1 aliphatic heterocycles. The number of ether oxygens (including phenoxy) is 2. The molecule has 0 N–H and O–H groups in total. The third-order valence-corrected chi connectivity index (χ3v) is 7.57. The average molecular weight is 503 g/mol. The second kappa shape index (κ2) is 9.85. The third kappa shape index (κ3) is 4.62. The first kappa shape index (κ1) is 23.0. The number of rotatable bonds is 6. The normalized spacial score (nSPS) is 15.5. The SMILES string of the molecule is COC(=O)C1=C(C)N=c2s/c(=C/c3ccc(OCc4ccccc4)cc3)c(=O)n2C1c1cccs1. The second-order valence-corrected chi connectivity index (χ2v) is 9.92. The highest BCUT2D eigenvalue weighted by molar-refractivity contribution is 7.10. The van der Waals surface area contributed by atoms with Gasteiger partial charge in [-0.2, -0.15) is 0 Å². The highest BCUT2D eigenvalue weighted by atomic mass is 32.1. The van der Waals surface area contributed by atoms with Crippen molar-refractivity contribution in [2.45, 2.75) is 19.6 Å². The maximum Gasteiger partial charge on any atom is 0.338 e. The Kier molecular flexibility index (Phi) is 6.48. The minimum absolute atomic E-state index is 0.189. The molecular weight excluding hydrogens is 480 g/mol. The second-order valence-electron chi connectivity index (χ2n) is 7.93. The lowest BCUT2D eigenvalue weighted by molar-refractivity contribution is -0.136. The van der Waals surface area contributed by atoms with E-state index in [2.05, 4.69) is 4.99 Å². The smallest absolute Gasteiger partial charge is 0.338 e. The van der Waals surface area contributed by atoms with Crippen molar-refractivity contribution in [1.29, 1.82) is 0 Å². The first-order valence-corrected chi connectivity index (χ1v) is 12.7. The monoisotopic (exact) mass is 502 g/mol. The van der Waals surface area contributed by atoms with Crippen molar-refractivity contribution in [3.05, 3.63) is 119 Å². The number of methoxy groups -OCH3 is 1. The van der Waals surface area contributed by atoms with Crippen LogP contribution in [0.5, 0.6) is 5.75 Å². The summed E-state index contributed by atoms with van der Waals surface area (Å²) in [4.78, 5) is 32.1. The van der Waals surface area contributed by atoms with E-state index >= 15 is 0 Å². The summed E-state index contributed by atoms with van der Waals surface area (Å²) in [5, 5.41) is 1.93. The lowest BCUT2D eigenvalue weighted by atomic mass is 10.0. The van der Waals surface area contributed by atoms with Crippen LogP contribution in [0.15, 0.2) is 93.2 Å². The maximum atomic E-state index is 13.5. The molecule has 1 unspecified atom stereocenters. The zero-order valence-electron chi connectivity index (χ0n) is 19.1. The van der Waals surface area contributed by atoms with Gasteiger partial charge >= 0.3 is 5.97 Å². The number of fused-ring (bicyclic) bond motifs is 1. The van der Waals surface area contributed by atoms with E-state index in [0.717, 1.165) is 21.8 Å². The number of carbonyl (C=O) groups excluding carboxylic acids is 1.